The molecule has 2 saturated carbocycles. The number of aliphatic hydroxyl groups is 1. The molecular weight excluding hydrogens is 318 g/mol. The summed E-state index contributed by atoms with van der Waals surface area (Å²) in [5.41, 5.74) is -0.659. The van der Waals surface area contributed by atoms with E-state index < -0.39 is 34.2 Å². The molecule has 4 rings (SSSR count). The second-order valence-corrected chi connectivity index (χ2v) is 7.07. The molecule has 0 aromatic heterocycles. The molecular formula is C20H19NO4. The van der Waals surface area contributed by atoms with Crippen molar-refractivity contribution in [3.8, 4) is 0 Å². The summed E-state index contributed by atoms with van der Waals surface area (Å²) in [6.45, 7) is 0. The van der Waals surface area contributed by atoms with Crippen LogP contribution in [0.5, 0.6) is 0 Å². The van der Waals surface area contributed by atoms with E-state index in [1.807, 2.05) is 30.3 Å². The van der Waals surface area contributed by atoms with Crippen LogP contribution in [0.3, 0.4) is 0 Å². The van der Waals surface area contributed by atoms with Crippen molar-refractivity contribution in [1.29, 1.82) is 0 Å². The highest BCUT2D eigenvalue weighted by atomic mass is 16.6. The molecule has 128 valence electrons. The zero-order valence-corrected chi connectivity index (χ0v) is 13.6. The zero-order chi connectivity index (χ0) is 17.6. The summed E-state index contributed by atoms with van der Waals surface area (Å²) >= 11 is 0. The molecule has 2 fully saturated rings. The third kappa shape index (κ3) is 2.15. The van der Waals surface area contributed by atoms with Gasteiger partial charge in [-0.05, 0) is 24.3 Å². The second kappa shape index (κ2) is 5.77. The lowest BCUT2D eigenvalue weighted by molar-refractivity contribution is -0.565. The van der Waals surface area contributed by atoms with Gasteiger partial charge in [0.1, 0.15) is 0 Å². The van der Waals surface area contributed by atoms with Crippen molar-refractivity contribution < 1.29 is 14.8 Å². The van der Waals surface area contributed by atoms with Gasteiger partial charge in [-0.3, -0.25) is 14.9 Å². The Bertz CT molecular complexity index is 807. The molecule has 0 radical (unpaired) electrons. The van der Waals surface area contributed by atoms with Gasteiger partial charge in [0.25, 0.3) is 5.54 Å². The maximum Gasteiger partial charge on any atom is 0.295 e. The summed E-state index contributed by atoms with van der Waals surface area (Å²) in [6, 6.07) is 17.7. The Kier molecular flexibility index (Phi) is 3.69. The minimum absolute atomic E-state index is 0.0551. The van der Waals surface area contributed by atoms with Gasteiger partial charge in [0.05, 0.1) is 17.9 Å². The predicted octanol–water partition coefficient (Wildman–Crippen LogP) is 3.07. The minimum Gasteiger partial charge on any atom is -0.393 e. The number of nitro groups is 1. The fourth-order valence-electron chi connectivity index (χ4n) is 5.04. The topological polar surface area (TPSA) is 80.4 Å². The quantitative estimate of drug-likeness (QED) is 0.528. The number of rotatable bonds is 4. The van der Waals surface area contributed by atoms with E-state index in [9.17, 15) is 20.0 Å². The highest BCUT2D eigenvalue weighted by Gasteiger charge is 2.74. The Morgan fingerprint density at radius 3 is 2.24 bits per heavy atom. The highest BCUT2D eigenvalue weighted by Crippen LogP contribution is 2.61. The molecule has 0 unspecified atom stereocenters. The molecule has 2 aliphatic carbocycles. The molecule has 0 spiro atoms. The van der Waals surface area contributed by atoms with Crippen LogP contribution >= 0.6 is 0 Å². The van der Waals surface area contributed by atoms with Crippen molar-refractivity contribution in [2.24, 2.45) is 11.8 Å². The van der Waals surface area contributed by atoms with Crippen molar-refractivity contribution in [2.45, 2.75) is 30.4 Å². The van der Waals surface area contributed by atoms with Crippen molar-refractivity contribution in [3.05, 3.63) is 81.9 Å². The first kappa shape index (κ1) is 16.0. The van der Waals surface area contributed by atoms with E-state index in [4.69, 9.17) is 0 Å². The molecule has 2 bridgehead atoms. The molecule has 1 N–H and O–H groups in total. The van der Waals surface area contributed by atoms with Gasteiger partial charge >= 0.3 is 0 Å². The number of nitrogens with zero attached hydrogens (tertiary/aromatic N) is 1. The van der Waals surface area contributed by atoms with Crippen molar-refractivity contribution in [1.82, 2.24) is 0 Å². The Hall–Kier alpha value is -2.53. The van der Waals surface area contributed by atoms with Crippen LogP contribution in [-0.4, -0.2) is 27.5 Å². The number of ketones is 1. The van der Waals surface area contributed by atoms with E-state index in [1.165, 1.54) is 0 Å². The zero-order valence-electron chi connectivity index (χ0n) is 13.6. The van der Waals surface area contributed by atoms with Crippen LogP contribution in [-0.2, 0) is 0 Å². The Labute approximate surface area is 145 Å². The standard InChI is InChI=1S/C20H19NO4/c22-17-12-15-11-16(17)20(21(24)25,18(15)13-7-3-1-4-8-13)19(23)14-9-5-2-6-10-14/h1-10,15-18,22H,11-12H2/t15-,16+,17+,18-,20-/m0/s1. The number of carbonyl (C=O) groups is 1. The maximum absolute atomic E-state index is 13.4. The van der Waals surface area contributed by atoms with Gasteiger partial charge in [-0.25, -0.2) is 0 Å². The van der Waals surface area contributed by atoms with Crippen molar-refractivity contribution in [3.63, 3.8) is 0 Å². The van der Waals surface area contributed by atoms with Crippen molar-refractivity contribution >= 4 is 5.78 Å². The van der Waals surface area contributed by atoms with Crippen LogP contribution in [0.1, 0.15) is 34.7 Å². The summed E-state index contributed by atoms with van der Waals surface area (Å²) in [5.74, 6) is -1.70. The molecule has 0 saturated heterocycles. The van der Waals surface area contributed by atoms with Gasteiger partial charge in [0, 0.05) is 10.5 Å². The number of fused-ring (bicyclic) bond motifs is 2. The first-order valence-electron chi connectivity index (χ1n) is 8.54. The smallest absolute Gasteiger partial charge is 0.295 e. The van der Waals surface area contributed by atoms with Gasteiger partial charge < -0.3 is 5.11 Å². The highest BCUT2D eigenvalue weighted by molar-refractivity contribution is 6.03. The van der Waals surface area contributed by atoms with Crippen LogP contribution in [0.25, 0.3) is 0 Å². The van der Waals surface area contributed by atoms with Gasteiger partial charge in [-0.1, -0.05) is 60.7 Å². The fraction of sp³-hybridized carbons (Fsp3) is 0.350. The van der Waals surface area contributed by atoms with E-state index in [-0.39, 0.29) is 5.92 Å². The lowest BCUT2D eigenvalue weighted by atomic mass is 9.65. The first-order chi connectivity index (χ1) is 12.1. The first-order valence-corrected chi connectivity index (χ1v) is 8.54. The van der Waals surface area contributed by atoms with E-state index in [2.05, 4.69) is 0 Å². The second-order valence-electron chi connectivity index (χ2n) is 7.07. The monoisotopic (exact) mass is 337 g/mol. The molecule has 5 nitrogen and oxygen atoms in total. The lowest BCUT2D eigenvalue weighted by Gasteiger charge is -2.37. The number of carbonyl (C=O) groups excluding carboxylic acids is 1. The normalized spacial score (nSPS) is 33.3. The third-order valence-corrected chi connectivity index (χ3v) is 5.94. The van der Waals surface area contributed by atoms with Gasteiger partial charge in [-0.2, -0.15) is 0 Å². The average molecular weight is 337 g/mol. The van der Waals surface area contributed by atoms with E-state index in [1.54, 1.807) is 30.3 Å². The summed E-state index contributed by atoms with van der Waals surface area (Å²) < 4.78 is 0. The third-order valence-electron chi connectivity index (χ3n) is 5.94. The fourth-order valence-corrected chi connectivity index (χ4v) is 5.04. The van der Waals surface area contributed by atoms with Gasteiger partial charge in [-0.15, -0.1) is 0 Å². The van der Waals surface area contributed by atoms with Crippen LogP contribution in [0.4, 0.5) is 0 Å². The van der Waals surface area contributed by atoms with Gasteiger partial charge in [0.2, 0.25) is 5.78 Å². The average Bonchev–Trinajstić information content (AvgIpc) is 3.17. The molecule has 0 amide bonds. The molecule has 0 heterocycles. The number of hydrogen-bond acceptors (Lipinski definition) is 4. The summed E-state index contributed by atoms with van der Waals surface area (Å²) in [5, 5.41) is 22.7. The number of aliphatic hydroxyl groups excluding tert-OH is 1. The molecule has 2 aromatic carbocycles. The molecule has 0 aliphatic heterocycles. The van der Waals surface area contributed by atoms with E-state index >= 15 is 0 Å². The van der Waals surface area contributed by atoms with Crippen LogP contribution in [0, 0.1) is 22.0 Å². The predicted molar refractivity (Wildman–Crippen MR) is 91.9 cm³/mol. The number of benzene rings is 2. The molecule has 25 heavy (non-hydrogen) atoms. The van der Waals surface area contributed by atoms with Crippen LogP contribution < -0.4 is 0 Å². The number of Topliss-reactive ketones (excluding diaryl/α,β-unsaturated/α-hetero) is 1. The van der Waals surface area contributed by atoms with E-state index in [0.29, 0.717) is 18.4 Å². The largest absolute Gasteiger partial charge is 0.393 e. The lowest BCUT2D eigenvalue weighted by Crippen LogP contribution is -2.58. The molecule has 2 aliphatic rings. The summed E-state index contributed by atoms with van der Waals surface area (Å²) in [4.78, 5) is 25.3. The SMILES string of the molecule is O=C(c1ccccc1)[C@]1([N+](=O)[O-])[C@@H]2C[C@@H](C[C@H]2O)[C@@H]1c1ccccc1. The Morgan fingerprint density at radius 2 is 1.64 bits per heavy atom. The Morgan fingerprint density at radius 1 is 1.04 bits per heavy atom. The van der Waals surface area contributed by atoms with E-state index in [0.717, 1.165) is 5.56 Å². The Balaban J connectivity index is 1.91. The molecule has 5 atom stereocenters. The number of hydrogen-bond donors (Lipinski definition) is 1. The summed E-state index contributed by atoms with van der Waals surface area (Å²) in [7, 11) is 0. The van der Waals surface area contributed by atoms with Gasteiger partial charge in [0.15, 0.2) is 0 Å². The summed E-state index contributed by atoms with van der Waals surface area (Å²) in [6.07, 6.45) is 0.227. The van der Waals surface area contributed by atoms with Crippen molar-refractivity contribution in [2.75, 3.05) is 0 Å². The van der Waals surface area contributed by atoms with Crippen LogP contribution in [0.2, 0.25) is 0 Å². The molecule has 2 aromatic rings. The van der Waals surface area contributed by atoms with Crippen LogP contribution in [0.15, 0.2) is 60.7 Å². The minimum atomic E-state index is -1.80. The molecule has 5 heteroatoms. The maximum atomic E-state index is 13.4.